The maximum absolute atomic E-state index is 12.4. The monoisotopic (exact) mass is 305 g/mol. The molecule has 20 heavy (non-hydrogen) atoms. The van der Waals surface area contributed by atoms with E-state index in [1.807, 2.05) is 0 Å². The molecule has 0 aliphatic heterocycles. The Morgan fingerprint density at radius 1 is 1.15 bits per heavy atom. The lowest BCUT2D eigenvalue weighted by atomic mass is 10.1. The van der Waals surface area contributed by atoms with E-state index in [4.69, 9.17) is 5.73 Å². The zero-order valence-corrected chi connectivity index (χ0v) is 10.9. The molecule has 108 valence electrons. The number of hydrogen-bond donors (Lipinski definition) is 2. The summed E-state index contributed by atoms with van der Waals surface area (Å²) in [5, 5.41) is 9.67. The second-order valence-electron chi connectivity index (χ2n) is 3.85. The van der Waals surface area contributed by atoms with Gasteiger partial charge in [0.25, 0.3) is 0 Å². The van der Waals surface area contributed by atoms with Crippen molar-refractivity contribution in [3.63, 3.8) is 0 Å². The van der Waals surface area contributed by atoms with Crippen LogP contribution in [0.5, 0.6) is 5.75 Å². The minimum absolute atomic E-state index is 0. The summed E-state index contributed by atoms with van der Waals surface area (Å²) in [4.78, 5) is 7.24. The molecule has 1 heterocycles. The van der Waals surface area contributed by atoms with Crippen molar-refractivity contribution in [2.45, 2.75) is 12.7 Å². The van der Waals surface area contributed by atoms with Crippen LogP contribution in [0, 0.1) is 0 Å². The molecule has 1 aromatic heterocycles. The van der Waals surface area contributed by atoms with E-state index in [9.17, 15) is 18.3 Å². The Bertz CT molecular complexity index is 587. The first kappa shape index (κ1) is 16.2. The summed E-state index contributed by atoms with van der Waals surface area (Å²) in [5.41, 5.74) is 5.48. The molecule has 0 saturated carbocycles. The lowest BCUT2D eigenvalue weighted by Crippen LogP contribution is -2.06. The summed E-state index contributed by atoms with van der Waals surface area (Å²) < 4.78 is 37.1. The van der Waals surface area contributed by atoms with Crippen LogP contribution in [0.15, 0.2) is 30.6 Å². The van der Waals surface area contributed by atoms with E-state index in [-0.39, 0.29) is 36.1 Å². The molecule has 0 saturated heterocycles. The van der Waals surface area contributed by atoms with Crippen LogP contribution in [0.25, 0.3) is 11.4 Å². The Kier molecular flexibility index (Phi) is 4.91. The smallest absolute Gasteiger partial charge is 0.419 e. The van der Waals surface area contributed by atoms with Crippen molar-refractivity contribution >= 4 is 12.4 Å². The van der Waals surface area contributed by atoms with Crippen molar-refractivity contribution in [3.05, 3.63) is 41.7 Å². The molecule has 3 N–H and O–H groups in total. The molecule has 0 radical (unpaired) electrons. The largest absolute Gasteiger partial charge is 0.507 e. The molecule has 4 nitrogen and oxygen atoms in total. The van der Waals surface area contributed by atoms with Gasteiger partial charge < -0.3 is 10.8 Å². The van der Waals surface area contributed by atoms with Crippen molar-refractivity contribution in [3.8, 4) is 17.1 Å². The highest BCUT2D eigenvalue weighted by molar-refractivity contribution is 5.85. The first-order chi connectivity index (χ1) is 8.91. The number of phenols is 1. The van der Waals surface area contributed by atoms with E-state index in [1.54, 1.807) is 6.07 Å². The fourth-order valence-electron chi connectivity index (χ4n) is 1.50. The maximum Gasteiger partial charge on any atom is 0.419 e. The number of rotatable bonds is 2. The minimum atomic E-state index is -4.49. The second-order valence-corrected chi connectivity index (χ2v) is 3.85. The Morgan fingerprint density at radius 2 is 1.75 bits per heavy atom. The number of nitrogens with zero attached hydrogens (tertiary/aromatic N) is 2. The fourth-order valence-corrected chi connectivity index (χ4v) is 1.50. The number of aromatic hydroxyl groups is 1. The molecular weight excluding hydrogens is 295 g/mol. The highest BCUT2D eigenvalue weighted by atomic mass is 35.5. The highest BCUT2D eigenvalue weighted by Crippen LogP contribution is 2.31. The number of alkyl halides is 3. The van der Waals surface area contributed by atoms with Crippen LogP contribution in [0.2, 0.25) is 0 Å². The molecule has 0 unspecified atom stereocenters. The van der Waals surface area contributed by atoms with Crippen LogP contribution in [-0.4, -0.2) is 15.1 Å². The number of halogens is 4. The Labute approximate surface area is 118 Å². The summed E-state index contributed by atoms with van der Waals surface area (Å²) in [6, 6.07) is 4.55. The number of aromatic nitrogens is 2. The summed E-state index contributed by atoms with van der Waals surface area (Å²) in [6.45, 7) is 0.244. The zero-order valence-electron chi connectivity index (χ0n) is 10.1. The van der Waals surface area contributed by atoms with E-state index in [2.05, 4.69) is 9.97 Å². The van der Waals surface area contributed by atoms with Gasteiger partial charge in [-0.3, -0.25) is 0 Å². The summed E-state index contributed by atoms with van der Waals surface area (Å²) >= 11 is 0. The minimum Gasteiger partial charge on any atom is -0.507 e. The van der Waals surface area contributed by atoms with Gasteiger partial charge in [0.15, 0.2) is 5.82 Å². The van der Waals surface area contributed by atoms with Gasteiger partial charge in [0, 0.05) is 18.9 Å². The van der Waals surface area contributed by atoms with Gasteiger partial charge in [0.2, 0.25) is 0 Å². The van der Waals surface area contributed by atoms with Crippen molar-refractivity contribution in [2.75, 3.05) is 0 Å². The molecular formula is C12H11ClF3N3O. The van der Waals surface area contributed by atoms with Gasteiger partial charge in [-0.2, -0.15) is 13.2 Å². The number of hydrogen-bond acceptors (Lipinski definition) is 4. The fraction of sp³-hybridized carbons (Fsp3) is 0.167. The van der Waals surface area contributed by atoms with Crippen LogP contribution in [-0.2, 0) is 12.7 Å². The van der Waals surface area contributed by atoms with Crippen LogP contribution in [0.1, 0.15) is 11.1 Å². The number of nitrogens with two attached hydrogens (primary N) is 1. The SMILES string of the molecule is Cl.NCc1ccc(O)c(-c2ncc(C(F)(F)F)cn2)c1. The Balaban J connectivity index is 0.00000200. The van der Waals surface area contributed by atoms with Crippen LogP contribution in [0.4, 0.5) is 13.2 Å². The standard InChI is InChI=1S/C12H10F3N3O.ClH/c13-12(14,15)8-5-17-11(18-6-8)9-3-7(4-16)1-2-10(9)19;/h1-3,5-6,19H,4,16H2;1H. The van der Waals surface area contributed by atoms with Crippen molar-refractivity contribution in [1.29, 1.82) is 0 Å². The van der Waals surface area contributed by atoms with Crippen LogP contribution < -0.4 is 5.73 Å². The Morgan fingerprint density at radius 3 is 2.25 bits per heavy atom. The topological polar surface area (TPSA) is 72.0 Å². The first-order valence-electron chi connectivity index (χ1n) is 5.33. The maximum atomic E-state index is 12.4. The van der Waals surface area contributed by atoms with E-state index in [0.29, 0.717) is 12.4 Å². The predicted octanol–water partition coefficient (Wildman–Crippen LogP) is 2.75. The molecule has 0 fully saturated rings. The summed E-state index contributed by atoms with van der Waals surface area (Å²) in [5.74, 6) is -0.0993. The van der Waals surface area contributed by atoms with Crippen LogP contribution in [0.3, 0.4) is 0 Å². The van der Waals surface area contributed by atoms with Gasteiger partial charge in [-0.05, 0) is 17.7 Å². The van der Waals surface area contributed by atoms with Gasteiger partial charge in [-0.25, -0.2) is 9.97 Å². The molecule has 0 bridgehead atoms. The average molecular weight is 306 g/mol. The molecule has 8 heteroatoms. The lowest BCUT2D eigenvalue weighted by Gasteiger charge is -2.08. The van der Waals surface area contributed by atoms with E-state index in [1.165, 1.54) is 12.1 Å². The molecule has 0 amide bonds. The van der Waals surface area contributed by atoms with E-state index < -0.39 is 11.7 Å². The molecule has 2 aromatic rings. The van der Waals surface area contributed by atoms with E-state index >= 15 is 0 Å². The van der Waals surface area contributed by atoms with E-state index in [0.717, 1.165) is 5.56 Å². The van der Waals surface area contributed by atoms with Crippen molar-refractivity contribution in [1.82, 2.24) is 9.97 Å². The van der Waals surface area contributed by atoms with Gasteiger partial charge in [-0.15, -0.1) is 12.4 Å². The predicted molar refractivity (Wildman–Crippen MR) is 69.3 cm³/mol. The number of phenolic OH excluding ortho intramolecular Hbond substituents is 1. The lowest BCUT2D eigenvalue weighted by molar-refractivity contribution is -0.138. The van der Waals surface area contributed by atoms with Crippen LogP contribution >= 0.6 is 12.4 Å². The highest BCUT2D eigenvalue weighted by Gasteiger charge is 2.31. The van der Waals surface area contributed by atoms with Gasteiger partial charge in [0.1, 0.15) is 5.75 Å². The normalized spacial score (nSPS) is 11.0. The first-order valence-corrected chi connectivity index (χ1v) is 5.33. The third-order valence-electron chi connectivity index (χ3n) is 2.52. The van der Waals surface area contributed by atoms with Gasteiger partial charge in [0.05, 0.1) is 11.1 Å². The van der Waals surface area contributed by atoms with Gasteiger partial charge >= 0.3 is 6.18 Å². The zero-order chi connectivity index (χ0) is 14.0. The molecule has 1 aromatic carbocycles. The van der Waals surface area contributed by atoms with Crippen molar-refractivity contribution in [2.24, 2.45) is 5.73 Å². The quantitative estimate of drug-likeness (QED) is 0.895. The summed E-state index contributed by atoms with van der Waals surface area (Å²) in [6.07, 6.45) is -3.13. The summed E-state index contributed by atoms with van der Waals surface area (Å²) in [7, 11) is 0. The molecule has 0 spiro atoms. The molecule has 0 atom stereocenters. The third-order valence-corrected chi connectivity index (χ3v) is 2.52. The number of benzene rings is 1. The second kappa shape index (κ2) is 6.06. The third kappa shape index (κ3) is 3.37. The van der Waals surface area contributed by atoms with Crippen molar-refractivity contribution < 1.29 is 18.3 Å². The van der Waals surface area contributed by atoms with Gasteiger partial charge in [-0.1, -0.05) is 6.07 Å². The Hall–Kier alpha value is -1.86. The molecule has 2 rings (SSSR count). The molecule has 0 aliphatic rings. The molecule has 0 aliphatic carbocycles. The average Bonchev–Trinajstić information content (AvgIpc) is 2.38.